The first-order valence-electron chi connectivity index (χ1n) is 7.30. The van der Waals surface area contributed by atoms with Gasteiger partial charge in [-0.1, -0.05) is 18.2 Å². The summed E-state index contributed by atoms with van der Waals surface area (Å²) in [5.41, 5.74) is -0.0975. The summed E-state index contributed by atoms with van der Waals surface area (Å²) in [6.07, 6.45) is 0.204. The second-order valence-electron chi connectivity index (χ2n) is 5.74. The van der Waals surface area contributed by atoms with E-state index in [2.05, 4.69) is 0 Å². The highest BCUT2D eigenvalue weighted by atomic mass is 16.5. The molecular weight excluding hydrogens is 286 g/mol. The van der Waals surface area contributed by atoms with E-state index in [0.29, 0.717) is 18.7 Å². The highest BCUT2D eigenvalue weighted by Gasteiger charge is 2.38. The standard InChI is InChI=1S/C16H21NO5/c1-12-4-2-3-5-13(12)22-11-16(21)8-9-17(10-16)14(18)6-7-15(19)20/h2-5,21H,6-11H2,1H3,(H,19,20)/t16-/m1/s1. The van der Waals surface area contributed by atoms with Crippen molar-refractivity contribution in [2.24, 2.45) is 0 Å². The number of aliphatic carboxylic acids is 1. The number of amides is 1. The Morgan fingerprint density at radius 2 is 2.05 bits per heavy atom. The number of carboxylic acids is 1. The largest absolute Gasteiger partial charge is 0.490 e. The molecule has 1 aliphatic rings. The number of ether oxygens (including phenoxy) is 1. The van der Waals surface area contributed by atoms with Crippen LogP contribution in [0.4, 0.5) is 0 Å². The molecule has 1 fully saturated rings. The molecule has 1 heterocycles. The van der Waals surface area contributed by atoms with Gasteiger partial charge >= 0.3 is 5.97 Å². The Labute approximate surface area is 129 Å². The van der Waals surface area contributed by atoms with Crippen molar-refractivity contribution < 1.29 is 24.5 Å². The number of carbonyl (C=O) groups excluding carboxylic acids is 1. The van der Waals surface area contributed by atoms with E-state index in [1.54, 1.807) is 0 Å². The normalized spacial score (nSPS) is 20.9. The number of rotatable bonds is 6. The quantitative estimate of drug-likeness (QED) is 0.824. The molecule has 120 valence electrons. The molecule has 0 radical (unpaired) electrons. The van der Waals surface area contributed by atoms with Crippen LogP contribution in [0.5, 0.6) is 5.75 Å². The predicted molar refractivity (Wildman–Crippen MR) is 79.7 cm³/mol. The van der Waals surface area contributed by atoms with Gasteiger partial charge in [-0.25, -0.2) is 0 Å². The van der Waals surface area contributed by atoms with Crippen molar-refractivity contribution in [3.05, 3.63) is 29.8 Å². The Hall–Kier alpha value is -2.08. The maximum atomic E-state index is 11.9. The van der Waals surface area contributed by atoms with E-state index in [1.165, 1.54) is 4.90 Å². The molecule has 1 saturated heterocycles. The molecule has 1 atom stereocenters. The van der Waals surface area contributed by atoms with Crippen molar-refractivity contribution in [2.45, 2.75) is 31.8 Å². The molecule has 1 amide bonds. The average molecular weight is 307 g/mol. The van der Waals surface area contributed by atoms with Gasteiger partial charge in [0, 0.05) is 13.0 Å². The minimum atomic E-state index is -1.08. The minimum absolute atomic E-state index is 0.0376. The summed E-state index contributed by atoms with van der Waals surface area (Å²) < 4.78 is 5.67. The van der Waals surface area contributed by atoms with Crippen LogP contribution in [-0.4, -0.2) is 52.3 Å². The Morgan fingerprint density at radius 3 is 2.73 bits per heavy atom. The summed E-state index contributed by atoms with van der Waals surface area (Å²) in [7, 11) is 0. The zero-order chi connectivity index (χ0) is 16.2. The molecule has 2 N–H and O–H groups in total. The van der Waals surface area contributed by atoms with Crippen LogP contribution in [-0.2, 0) is 9.59 Å². The monoisotopic (exact) mass is 307 g/mol. The molecule has 0 spiro atoms. The van der Waals surface area contributed by atoms with Crippen LogP contribution in [0.1, 0.15) is 24.8 Å². The molecule has 0 saturated carbocycles. The second-order valence-corrected chi connectivity index (χ2v) is 5.74. The second kappa shape index (κ2) is 6.79. The summed E-state index contributed by atoms with van der Waals surface area (Å²) in [5.74, 6) is -0.522. The fourth-order valence-corrected chi connectivity index (χ4v) is 2.49. The summed E-state index contributed by atoms with van der Waals surface area (Å²) in [6, 6.07) is 7.54. The molecule has 22 heavy (non-hydrogen) atoms. The molecule has 6 nitrogen and oxygen atoms in total. The minimum Gasteiger partial charge on any atom is -0.490 e. The summed E-state index contributed by atoms with van der Waals surface area (Å²) in [5, 5.41) is 19.1. The lowest BCUT2D eigenvalue weighted by atomic mass is 10.1. The molecule has 0 bridgehead atoms. The highest BCUT2D eigenvalue weighted by Crippen LogP contribution is 2.25. The van der Waals surface area contributed by atoms with E-state index in [4.69, 9.17) is 9.84 Å². The third-order valence-corrected chi connectivity index (χ3v) is 3.83. The number of β-amino-alcohol motifs (C(OH)–C–C–N with tert-alkyl or cyclic N) is 1. The molecule has 0 unspecified atom stereocenters. The first kappa shape index (κ1) is 16.3. The fourth-order valence-electron chi connectivity index (χ4n) is 2.49. The molecule has 0 aromatic heterocycles. The van der Waals surface area contributed by atoms with Gasteiger partial charge in [-0.3, -0.25) is 9.59 Å². The van der Waals surface area contributed by atoms with E-state index in [-0.39, 0.29) is 31.9 Å². The molecular formula is C16H21NO5. The molecule has 1 aromatic rings. The number of aliphatic hydroxyl groups is 1. The predicted octanol–water partition coefficient (Wildman–Crippen LogP) is 1.20. The van der Waals surface area contributed by atoms with Crippen LogP contribution in [0, 0.1) is 6.92 Å². The Morgan fingerprint density at radius 1 is 1.32 bits per heavy atom. The van der Waals surface area contributed by atoms with Gasteiger partial charge in [-0.15, -0.1) is 0 Å². The van der Waals surface area contributed by atoms with Crippen molar-refractivity contribution in [2.75, 3.05) is 19.7 Å². The van der Waals surface area contributed by atoms with Crippen LogP contribution in [0.2, 0.25) is 0 Å². The molecule has 6 heteroatoms. The lowest BCUT2D eigenvalue weighted by Gasteiger charge is -2.24. The van der Waals surface area contributed by atoms with E-state index in [1.807, 2.05) is 31.2 Å². The summed E-state index contributed by atoms with van der Waals surface area (Å²) in [6.45, 7) is 2.64. The Bertz CT molecular complexity index is 559. The first-order chi connectivity index (χ1) is 10.4. The van der Waals surface area contributed by atoms with Gasteiger partial charge in [0.2, 0.25) is 5.91 Å². The number of hydrogen-bond donors (Lipinski definition) is 2. The van der Waals surface area contributed by atoms with E-state index in [0.717, 1.165) is 5.56 Å². The smallest absolute Gasteiger partial charge is 0.303 e. The number of likely N-dealkylation sites (tertiary alicyclic amines) is 1. The highest BCUT2D eigenvalue weighted by molar-refractivity contribution is 5.81. The van der Waals surface area contributed by atoms with Gasteiger partial charge in [0.05, 0.1) is 13.0 Å². The summed E-state index contributed by atoms with van der Waals surface area (Å²) in [4.78, 5) is 23.9. The fraction of sp³-hybridized carbons (Fsp3) is 0.500. The maximum Gasteiger partial charge on any atom is 0.303 e. The van der Waals surface area contributed by atoms with Gasteiger partial charge in [-0.2, -0.15) is 0 Å². The molecule has 2 rings (SSSR count). The third kappa shape index (κ3) is 4.21. The number of hydrogen-bond acceptors (Lipinski definition) is 4. The SMILES string of the molecule is Cc1ccccc1OC[C@@]1(O)CCN(C(=O)CCC(=O)O)C1. The van der Waals surface area contributed by atoms with Crippen molar-refractivity contribution in [3.8, 4) is 5.75 Å². The summed E-state index contributed by atoms with van der Waals surface area (Å²) >= 11 is 0. The lowest BCUT2D eigenvalue weighted by molar-refractivity contribution is -0.140. The molecule has 1 aromatic carbocycles. The van der Waals surface area contributed by atoms with Gasteiger partial charge in [-0.05, 0) is 25.0 Å². The lowest BCUT2D eigenvalue weighted by Crippen LogP contribution is -2.40. The number of benzene rings is 1. The number of nitrogens with zero attached hydrogens (tertiary/aromatic N) is 1. The number of carbonyl (C=O) groups is 2. The van der Waals surface area contributed by atoms with Crippen molar-refractivity contribution in [1.29, 1.82) is 0 Å². The molecule has 1 aliphatic heterocycles. The van der Waals surface area contributed by atoms with Gasteiger partial charge in [0.1, 0.15) is 18.0 Å². The van der Waals surface area contributed by atoms with Crippen LogP contribution < -0.4 is 4.74 Å². The zero-order valence-corrected chi connectivity index (χ0v) is 12.6. The van der Waals surface area contributed by atoms with Crippen LogP contribution in [0.15, 0.2) is 24.3 Å². The van der Waals surface area contributed by atoms with Crippen LogP contribution in [0.3, 0.4) is 0 Å². The zero-order valence-electron chi connectivity index (χ0n) is 12.6. The van der Waals surface area contributed by atoms with Gasteiger partial charge < -0.3 is 19.8 Å². The van der Waals surface area contributed by atoms with Gasteiger partial charge in [0.15, 0.2) is 0 Å². The number of para-hydroxylation sites is 1. The third-order valence-electron chi connectivity index (χ3n) is 3.83. The van der Waals surface area contributed by atoms with E-state index < -0.39 is 11.6 Å². The Balaban J connectivity index is 1.86. The van der Waals surface area contributed by atoms with E-state index in [9.17, 15) is 14.7 Å². The number of aryl methyl sites for hydroxylation is 1. The van der Waals surface area contributed by atoms with Crippen LogP contribution >= 0.6 is 0 Å². The first-order valence-corrected chi connectivity index (χ1v) is 7.30. The van der Waals surface area contributed by atoms with Crippen molar-refractivity contribution in [1.82, 2.24) is 4.90 Å². The van der Waals surface area contributed by atoms with Crippen molar-refractivity contribution >= 4 is 11.9 Å². The Kier molecular flexibility index (Phi) is 5.03. The van der Waals surface area contributed by atoms with Gasteiger partial charge in [0.25, 0.3) is 0 Å². The van der Waals surface area contributed by atoms with E-state index >= 15 is 0 Å². The van der Waals surface area contributed by atoms with Crippen LogP contribution in [0.25, 0.3) is 0 Å². The molecule has 0 aliphatic carbocycles. The number of carboxylic acid groups (broad SMARTS) is 1. The van der Waals surface area contributed by atoms with Crippen molar-refractivity contribution in [3.63, 3.8) is 0 Å². The average Bonchev–Trinajstić information content (AvgIpc) is 2.87. The topological polar surface area (TPSA) is 87.1 Å². The maximum absolute atomic E-state index is 11.9.